The number of benzene rings is 1. The Balaban J connectivity index is 1.43. The zero-order valence-electron chi connectivity index (χ0n) is 13.3. The Morgan fingerprint density at radius 1 is 1.33 bits per heavy atom. The largest absolute Gasteiger partial charge is 0.423 e. The van der Waals surface area contributed by atoms with Gasteiger partial charge in [-0.1, -0.05) is 18.2 Å². The van der Waals surface area contributed by atoms with E-state index in [9.17, 15) is 9.18 Å². The minimum absolute atomic E-state index is 0.0226. The van der Waals surface area contributed by atoms with Crippen molar-refractivity contribution in [2.75, 3.05) is 19.7 Å². The highest BCUT2D eigenvalue weighted by atomic mass is 19.1. The molecule has 7 heteroatoms. The van der Waals surface area contributed by atoms with Crippen LogP contribution >= 0.6 is 0 Å². The Morgan fingerprint density at radius 2 is 2.17 bits per heavy atom. The second kappa shape index (κ2) is 5.98. The van der Waals surface area contributed by atoms with E-state index in [1.54, 1.807) is 30.0 Å². The summed E-state index contributed by atoms with van der Waals surface area (Å²) in [5, 5.41) is 7.77. The molecule has 1 saturated carbocycles. The smallest absolute Gasteiger partial charge is 0.246 e. The third-order valence-corrected chi connectivity index (χ3v) is 4.61. The van der Waals surface area contributed by atoms with E-state index in [4.69, 9.17) is 9.15 Å². The van der Waals surface area contributed by atoms with Crippen molar-refractivity contribution in [1.29, 1.82) is 0 Å². The number of hydrogen-bond donors (Lipinski definition) is 0. The zero-order chi connectivity index (χ0) is 16.7. The SMILES string of the molecule is Cc1nnc([C@@H]2CN(C(=O)[C@H]3C[C@H]3c3ccccc3F)CCO2)o1. The van der Waals surface area contributed by atoms with Crippen molar-refractivity contribution >= 4 is 5.91 Å². The quantitative estimate of drug-likeness (QED) is 0.863. The van der Waals surface area contributed by atoms with Crippen molar-refractivity contribution in [3.63, 3.8) is 0 Å². The standard InChI is InChI=1S/C17H18FN3O3/c1-10-19-20-16(24-10)15-9-21(6-7-23-15)17(22)13-8-12(13)11-4-2-3-5-14(11)18/h2-5,12-13,15H,6-9H2,1H3/t12-,13-,15-/m0/s1. The third kappa shape index (κ3) is 2.80. The Bertz CT molecular complexity index is 763. The first-order valence-electron chi connectivity index (χ1n) is 8.08. The number of morpholine rings is 1. The Labute approximate surface area is 138 Å². The zero-order valence-corrected chi connectivity index (χ0v) is 13.3. The molecule has 24 heavy (non-hydrogen) atoms. The summed E-state index contributed by atoms with van der Waals surface area (Å²) < 4.78 is 24.9. The van der Waals surface area contributed by atoms with E-state index >= 15 is 0 Å². The lowest BCUT2D eigenvalue weighted by Crippen LogP contribution is -2.43. The predicted octanol–water partition coefficient (Wildman–Crippen LogP) is 2.22. The molecule has 1 aliphatic heterocycles. The molecule has 0 radical (unpaired) electrons. The van der Waals surface area contributed by atoms with Gasteiger partial charge in [0, 0.05) is 19.4 Å². The van der Waals surface area contributed by atoms with Crippen molar-refractivity contribution in [1.82, 2.24) is 15.1 Å². The van der Waals surface area contributed by atoms with Crippen molar-refractivity contribution in [2.45, 2.75) is 25.4 Å². The van der Waals surface area contributed by atoms with Gasteiger partial charge in [-0.15, -0.1) is 10.2 Å². The summed E-state index contributed by atoms with van der Waals surface area (Å²) in [7, 11) is 0. The van der Waals surface area contributed by atoms with Crippen LogP contribution in [0.25, 0.3) is 0 Å². The highest BCUT2D eigenvalue weighted by molar-refractivity contribution is 5.83. The minimum Gasteiger partial charge on any atom is -0.423 e. The molecule has 4 rings (SSSR count). The van der Waals surface area contributed by atoms with Gasteiger partial charge in [-0.2, -0.15) is 0 Å². The van der Waals surface area contributed by atoms with Gasteiger partial charge >= 0.3 is 0 Å². The molecule has 1 aromatic heterocycles. The first-order valence-corrected chi connectivity index (χ1v) is 8.08. The van der Waals surface area contributed by atoms with Gasteiger partial charge in [-0.25, -0.2) is 4.39 Å². The summed E-state index contributed by atoms with van der Waals surface area (Å²) in [4.78, 5) is 14.5. The molecule has 2 aromatic rings. The highest BCUT2D eigenvalue weighted by Crippen LogP contribution is 2.49. The number of nitrogens with zero attached hydrogens (tertiary/aromatic N) is 3. The van der Waals surface area contributed by atoms with E-state index in [1.165, 1.54) is 6.07 Å². The van der Waals surface area contributed by atoms with Crippen LogP contribution in [0.2, 0.25) is 0 Å². The van der Waals surface area contributed by atoms with Crippen LogP contribution in [0.4, 0.5) is 4.39 Å². The van der Waals surface area contributed by atoms with Crippen LogP contribution < -0.4 is 0 Å². The number of ether oxygens (including phenoxy) is 1. The molecule has 1 amide bonds. The van der Waals surface area contributed by atoms with E-state index in [1.807, 2.05) is 0 Å². The Morgan fingerprint density at radius 3 is 2.92 bits per heavy atom. The fourth-order valence-corrected chi connectivity index (χ4v) is 3.26. The van der Waals surface area contributed by atoms with Crippen LogP contribution in [0.15, 0.2) is 28.7 Å². The monoisotopic (exact) mass is 331 g/mol. The molecule has 0 spiro atoms. The van der Waals surface area contributed by atoms with Gasteiger partial charge in [-0.05, 0) is 24.0 Å². The fraction of sp³-hybridized carbons (Fsp3) is 0.471. The molecular formula is C17H18FN3O3. The summed E-state index contributed by atoms with van der Waals surface area (Å²) >= 11 is 0. The van der Waals surface area contributed by atoms with Gasteiger partial charge < -0.3 is 14.1 Å². The molecule has 3 atom stereocenters. The minimum atomic E-state index is -0.394. The van der Waals surface area contributed by atoms with Crippen molar-refractivity contribution < 1.29 is 18.3 Å². The number of hydrogen-bond acceptors (Lipinski definition) is 5. The average Bonchev–Trinajstić information content (AvgIpc) is 3.27. The molecular weight excluding hydrogens is 313 g/mol. The lowest BCUT2D eigenvalue weighted by atomic mass is 10.1. The van der Waals surface area contributed by atoms with Gasteiger partial charge in [0.15, 0.2) is 6.10 Å². The van der Waals surface area contributed by atoms with Gasteiger partial charge in [0.25, 0.3) is 0 Å². The van der Waals surface area contributed by atoms with Crippen LogP contribution in [0.5, 0.6) is 0 Å². The van der Waals surface area contributed by atoms with Crippen molar-refractivity contribution in [3.8, 4) is 0 Å². The number of carbonyl (C=O) groups excluding carboxylic acids is 1. The van der Waals surface area contributed by atoms with E-state index in [-0.39, 0.29) is 23.6 Å². The maximum absolute atomic E-state index is 13.9. The lowest BCUT2D eigenvalue weighted by molar-refractivity contribution is -0.141. The number of rotatable bonds is 3. The number of carbonyl (C=O) groups is 1. The van der Waals surface area contributed by atoms with Crippen molar-refractivity contribution in [3.05, 3.63) is 47.4 Å². The van der Waals surface area contributed by atoms with Crippen LogP contribution in [0.1, 0.15) is 35.8 Å². The van der Waals surface area contributed by atoms with E-state index in [0.29, 0.717) is 43.5 Å². The Kier molecular flexibility index (Phi) is 3.80. The number of aromatic nitrogens is 2. The molecule has 6 nitrogen and oxygen atoms in total. The summed E-state index contributed by atoms with van der Waals surface area (Å²) in [6.45, 7) is 3.06. The molecule has 0 N–H and O–H groups in total. The fourth-order valence-electron chi connectivity index (χ4n) is 3.26. The summed E-state index contributed by atoms with van der Waals surface area (Å²) in [6, 6.07) is 6.67. The Hall–Kier alpha value is -2.28. The first kappa shape index (κ1) is 15.3. The van der Waals surface area contributed by atoms with Crippen LogP contribution in [-0.2, 0) is 9.53 Å². The topological polar surface area (TPSA) is 68.5 Å². The summed E-state index contributed by atoms with van der Waals surface area (Å²) in [6.07, 6.45) is 0.302. The van der Waals surface area contributed by atoms with E-state index in [2.05, 4.69) is 10.2 Å². The molecule has 1 saturated heterocycles. The average molecular weight is 331 g/mol. The van der Waals surface area contributed by atoms with Crippen molar-refractivity contribution in [2.24, 2.45) is 5.92 Å². The summed E-state index contributed by atoms with van der Waals surface area (Å²) in [5.41, 5.74) is 0.633. The predicted molar refractivity (Wildman–Crippen MR) is 81.6 cm³/mol. The second-order valence-electron chi connectivity index (χ2n) is 6.27. The maximum atomic E-state index is 13.9. The van der Waals surface area contributed by atoms with Crippen LogP contribution in [0.3, 0.4) is 0 Å². The van der Waals surface area contributed by atoms with Crippen LogP contribution in [0, 0.1) is 18.7 Å². The summed E-state index contributed by atoms with van der Waals surface area (Å²) in [5.74, 6) is 0.507. The van der Waals surface area contributed by atoms with Gasteiger partial charge in [-0.3, -0.25) is 4.79 Å². The van der Waals surface area contributed by atoms with E-state index in [0.717, 1.165) is 0 Å². The van der Waals surface area contributed by atoms with Gasteiger partial charge in [0.1, 0.15) is 5.82 Å². The molecule has 126 valence electrons. The first-order chi connectivity index (χ1) is 11.6. The molecule has 0 unspecified atom stereocenters. The number of amides is 1. The second-order valence-corrected chi connectivity index (χ2v) is 6.27. The normalized spacial score (nSPS) is 26.4. The lowest BCUT2D eigenvalue weighted by Gasteiger charge is -2.31. The maximum Gasteiger partial charge on any atom is 0.246 e. The number of halogens is 1. The molecule has 0 bridgehead atoms. The highest BCUT2D eigenvalue weighted by Gasteiger charge is 2.47. The molecule has 2 heterocycles. The third-order valence-electron chi connectivity index (χ3n) is 4.61. The molecule has 2 fully saturated rings. The number of aryl methyl sites for hydroxylation is 1. The van der Waals surface area contributed by atoms with Gasteiger partial charge in [0.05, 0.1) is 13.2 Å². The van der Waals surface area contributed by atoms with E-state index < -0.39 is 6.10 Å². The molecule has 1 aliphatic carbocycles. The molecule has 2 aliphatic rings. The van der Waals surface area contributed by atoms with Gasteiger partial charge in [0.2, 0.25) is 17.7 Å². The molecule has 1 aromatic carbocycles. The van der Waals surface area contributed by atoms with Crippen LogP contribution in [-0.4, -0.2) is 40.7 Å².